The average molecular weight is 355 g/mol. The highest BCUT2D eigenvalue weighted by atomic mass is 16.6. The van der Waals surface area contributed by atoms with Crippen molar-refractivity contribution in [1.82, 2.24) is 5.32 Å². The lowest BCUT2D eigenvalue weighted by Gasteiger charge is -2.20. The maximum absolute atomic E-state index is 12.6. The molecule has 6 nitrogen and oxygen atoms in total. The van der Waals surface area contributed by atoms with Crippen LogP contribution in [0.15, 0.2) is 36.4 Å². The zero-order valence-electron chi connectivity index (χ0n) is 14.6. The first-order valence-corrected chi connectivity index (χ1v) is 8.81. The predicted octanol–water partition coefficient (Wildman–Crippen LogP) is 3.11. The monoisotopic (exact) mass is 355 g/mol. The van der Waals surface area contributed by atoms with Gasteiger partial charge in [-0.3, -0.25) is 4.79 Å². The summed E-state index contributed by atoms with van der Waals surface area (Å²) < 4.78 is 22.4. The van der Waals surface area contributed by atoms with Crippen molar-refractivity contribution in [1.29, 1.82) is 0 Å². The van der Waals surface area contributed by atoms with Crippen molar-refractivity contribution in [3.05, 3.63) is 47.5 Å². The lowest BCUT2D eigenvalue weighted by atomic mass is 10.1. The third-order valence-electron chi connectivity index (χ3n) is 4.42. The van der Waals surface area contributed by atoms with Crippen LogP contribution in [0, 0.1) is 0 Å². The third kappa shape index (κ3) is 3.40. The molecule has 2 heterocycles. The molecule has 1 unspecified atom stereocenters. The van der Waals surface area contributed by atoms with E-state index < -0.39 is 0 Å². The average Bonchev–Trinajstić information content (AvgIpc) is 2.92. The molecule has 1 atom stereocenters. The highest BCUT2D eigenvalue weighted by Gasteiger charge is 2.18. The topological polar surface area (TPSA) is 66.0 Å². The zero-order valence-corrected chi connectivity index (χ0v) is 14.6. The van der Waals surface area contributed by atoms with Crippen molar-refractivity contribution < 1.29 is 23.7 Å². The van der Waals surface area contributed by atoms with Crippen LogP contribution in [0.3, 0.4) is 0 Å². The fraction of sp³-hybridized carbons (Fsp3) is 0.350. The number of hydrogen-bond donors (Lipinski definition) is 1. The Morgan fingerprint density at radius 3 is 2.27 bits per heavy atom. The number of nitrogens with one attached hydrogen (secondary N) is 1. The Kier molecular flexibility index (Phi) is 4.56. The quantitative estimate of drug-likeness (QED) is 0.916. The number of carbonyl (C=O) groups excluding carboxylic acids is 1. The molecule has 136 valence electrons. The molecule has 0 radical (unpaired) electrons. The molecule has 2 aliphatic heterocycles. The van der Waals surface area contributed by atoms with Gasteiger partial charge in [0.2, 0.25) is 0 Å². The van der Waals surface area contributed by atoms with Gasteiger partial charge in [-0.1, -0.05) is 6.07 Å². The summed E-state index contributed by atoms with van der Waals surface area (Å²) in [5, 5.41) is 3.01. The molecule has 1 amide bonds. The minimum Gasteiger partial charge on any atom is -0.490 e. The second-order valence-electron chi connectivity index (χ2n) is 6.31. The van der Waals surface area contributed by atoms with Crippen molar-refractivity contribution in [3.63, 3.8) is 0 Å². The van der Waals surface area contributed by atoms with Crippen molar-refractivity contribution in [2.45, 2.75) is 19.4 Å². The van der Waals surface area contributed by atoms with Crippen molar-refractivity contribution in [2.24, 2.45) is 0 Å². The van der Waals surface area contributed by atoms with Crippen LogP contribution in [0.1, 0.15) is 35.3 Å². The first-order valence-electron chi connectivity index (χ1n) is 8.81. The van der Waals surface area contributed by atoms with Gasteiger partial charge in [-0.05, 0) is 42.8 Å². The van der Waals surface area contributed by atoms with Crippen molar-refractivity contribution in [3.8, 4) is 23.0 Å². The smallest absolute Gasteiger partial charge is 0.251 e. The van der Waals surface area contributed by atoms with Gasteiger partial charge < -0.3 is 24.3 Å². The summed E-state index contributed by atoms with van der Waals surface area (Å²) in [5.74, 6) is 2.58. The molecule has 6 heteroatoms. The summed E-state index contributed by atoms with van der Waals surface area (Å²) in [6, 6.07) is 10.8. The summed E-state index contributed by atoms with van der Waals surface area (Å²) in [6.45, 7) is 4.25. The molecular formula is C20H21NO5. The van der Waals surface area contributed by atoms with E-state index in [4.69, 9.17) is 18.9 Å². The first kappa shape index (κ1) is 16.6. The highest BCUT2D eigenvalue weighted by Crippen LogP contribution is 2.33. The van der Waals surface area contributed by atoms with Crippen LogP contribution in [-0.2, 0) is 0 Å². The van der Waals surface area contributed by atoms with Crippen LogP contribution in [0.25, 0.3) is 0 Å². The van der Waals surface area contributed by atoms with Crippen LogP contribution in [0.5, 0.6) is 23.0 Å². The van der Waals surface area contributed by atoms with Gasteiger partial charge in [0.1, 0.15) is 13.2 Å². The minimum atomic E-state index is -0.173. The van der Waals surface area contributed by atoms with Gasteiger partial charge in [-0.15, -0.1) is 0 Å². The number of ether oxygens (including phenoxy) is 4. The largest absolute Gasteiger partial charge is 0.490 e. The first-order chi connectivity index (χ1) is 12.7. The number of rotatable bonds is 3. The molecular weight excluding hydrogens is 334 g/mol. The number of benzene rings is 2. The molecule has 0 spiro atoms. The predicted molar refractivity (Wildman–Crippen MR) is 95.4 cm³/mol. The van der Waals surface area contributed by atoms with Gasteiger partial charge >= 0.3 is 0 Å². The molecule has 1 N–H and O–H groups in total. The Bertz CT molecular complexity index is 820. The van der Waals surface area contributed by atoms with E-state index in [9.17, 15) is 4.79 Å². The summed E-state index contributed by atoms with van der Waals surface area (Å²) in [7, 11) is 0. The standard InChI is InChI=1S/C20H21NO5/c1-13(14-3-5-16-18(11-14)24-8-2-7-23-16)21-20(22)15-4-6-17-19(12-15)26-10-9-25-17/h3-6,11-13H,2,7-10H2,1H3,(H,21,22). The molecule has 0 saturated carbocycles. The third-order valence-corrected chi connectivity index (χ3v) is 4.42. The summed E-state index contributed by atoms with van der Waals surface area (Å²) in [5.41, 5.74) is 1.50. The van der Waals surface area contributed by atoms with E-state index in [1.165, 1.54) is 0 Å². The van der Waals surface area contributed by atoms with Crippen molar-refractivity contribution >= 4 is 5.91 Å². The van der Waals surface area contributed by atoms with Crippen LogP contribution in [0.2, 0.25) is 0 Å². The molecule has 0 aliphatic carbocycles. The molecule has 0 aromatic heterocycles. The Morgan fingerprint density at radius 1 is 0.846 bits per heavy atom. The fourth-order valence-corrected chi connectivity index (χ4v) is 3.00. The maximum Gasteiger partial charge on any atom is 0.251 e. The van der Waals surface area contributed by atoms with E-state index >= 15 is 0 Å². The second-order valence-corrected chi connectivity index (χ2v) is 6.31. The van der Waals surface area contributed by atoms with E-state index in [-0.39, 0.29) is 11.9 Å². The molecule has 0 saturated heterocycles. The minimum absolute atomic E-state index is 0.165. The van der Waals surface area contributed by atoms with Gasteiger partial charge in [-0.25, -0.2) is 0 Å². The van der Waals surface area contributed by atoms with Gasteiger partial charge in [0.05, 0.1) is 19.3 Å². The van der Waals surface area contributed by atoms with Crippen molar-refractivity contribution in [2.75, 3.05) is 26.4 Å². The van der Waals surface area contributed by atoms with E-state index in [0.29, 0.717) is 43.5 Å². The Balaban J connectivity index is 1.48. The molecule has 26 heavy (non-hydrogen) atoms. The van der Waals surface area contributed by atoms with E-state index in [1.807, 2.05) is 25.1 Å². The molecule has 2 aromatic rings. The summed E-state index contributed by atoms with van der Waals surface area (Å²) >= 11 is 0. The van der Waals surface area contributed by atoms with Crippen LogP contribution in [-0.4, -0.2) is 32.3 Å². The van der Waals surface area contributed by atoms with Crippen LogP contribution < -0.4 is 24.3 Å². The normalized spacial score (nSPS) is 16.3. The SMILES string of the molecule is CC(NC(=O)c1ccc2c(c1)OCCO2)c1ccc2c(c1)OCCCO2. The molecule has 2 aliphatic rings. The molecule has 2 aromatic carbocycles. The number of carbonyl (C=O) groups is 1. The molecule has 0 fully saturated rings. The maximum atomic E-state index is 12.6. The molecule has 0 bridgehead atoms. The van der Waals surface area contributed by atoms with E-state index in [0.717, 1.165) is 23.5 Å². The summed E-state index contributed by atoms with van der Waals surface area (Å²) in [6.07, 6.45) is 0.862. The van der Waals surface area contributed by atoms with E-state index in [2.05, 4.69) is 5.32 Å². The number of amides is 1. The van der Waals surface area contributed by atoms with Gasteiger partial charge in [0.15, 0.2) is 23.0 Å². The van der Waals surface area contributed by atoms with Crippen LogP contribution >= 0.6 is 0 Å². The van der Waals surface area contributed by atoms with Gasteiger partial charge in [0, 0.05) is 12.0 Å². The van der Waals surface area contributed by atoms with E-state index in [1.54, 1.807) is 18.2 Å². The second kappa shape index (κ2) is 7.15. The lowest BCUT2D eigenvalue weighted by molar-refractivity contribution is 0.0938. The Labute approximate surface area is 152 Å². The van der Waals surface area contributed by atoms with Crippen LogP contribution in [0.4, 0.5) is 0 Å². The highest BCUT2D eigenvalue weighted by molar-refractivity contribution is 5.95. The zero-order chi connectivity index (χ0) is 17.9. The van der Waals surface area contributed by atoms with Gasteiger partial charge in [-0.2, -0.15) is 0 Å². The Morgan fingerprint density at radius 2 is 1.46 bits per heavy atom. The summed E-state index contributed by atoms with van der Waals surface area (Å²) in [4.78, 5) is 12.6. The number of fused-ring (bicyclic) bond motifs is 2. The lowest BCUT2D eigenvalue weighted by Crippen LogP contribution is -2.27. The Hall–Kier alpha value is -2.89. The van der Waals surface area contributed by atoms with Gasteiger partial charge in [0.25, 0.3) is 5.91 Å². The fourth-order valence-electron chi connectivity index (χ4n) is 3.00. The number of hydrogen-bond acceptors (Lipinski definition) is 5. The molecule has 4 rings (SSSR count).